The smallest absolute Gasteiger partial charge is 0.332 e. The van der Waals surface area contributed by atoms with E-state index in [9.17, 15) is 4.79 Å². The Hall–Kier alpha value is -3.27. The van der Waals surface area contributed by atoms with E-state index in [-0.39, 0.29) is 11.9 Å². The van der Waals surface area contributed by atoms with Gasteiger partial charge < -0.3 is 4.98 Å². The zero-order valence-electron chi connectivity index (χ0n) is 19.5. The van der Waals surface area contributed by atoms with Gasteiger partial charge in [0.1, 0.15) is 18.8 Å². The number of piperazine rings is 1. The topological polar surface area (TPSA) is 72.8 Å². The number of aromatic amines is 1. The van der Waals surface area contributed by atoms with E-state index < -0.39 is 0 Å². The lowest BCUT2D eigenvalue weighted by Crippen LogP contribution is -2.65. The minimum atomic E-state index is 0.0228. The number of benzene rings is 2. The molecular weight excluding hydrogens is 410 g/mol. The fourth-order valence-electron chi connectivity index (χ4n) is 4.98. The number of nitriles is 1. The summed E-state index contributed by atoms with van der Waals surface area (Å²) in [4.78, 5) is 23.7. The van der Waals surface area contributed by atoms with Crippen molar-refractivity contribution >= 4 is 11.6 Å². The number of hydrogen-bond acceptors (Lipinski definition) is 4. The highest BCUT2D eigenvalue weighted by Crippen LogP contribution is 2.33. The van der Waals surface area contributed by atoms with Crippen LogP contribution in [0.5, 0.6) is 0 Å². The number of aryl methyl sites for hydroxylation is 1. The molecule has 1 aromatic heterocycles. The Bertz CT molecular complexity index is 1120. The third kappa shape index (κ3) is 4.75. The molecule has 4 rings (SSSR count). The first-order valence-corrected chi connectivity index (χ1v) is 11.8. The second-order valence-electron chi connectivity index (χ2n) is 8.95. The first kappa shape index (κ1) is 22.9. The Morgan fingerprint density at radius 1 is 1.21 bits per heavy atom. The van der Waals surface area contributed by atoms with Crippen LogP contribution in [0, 0.1) is 18.3 Å². The Kier molecular flexibility index (Phi) is 7.02. The van der Waals surface area contributed by atoms with Gasteiger partial charge in [-0.1, -0.05) is 43.7 Å². The molecule has 33 heavy (non-hydrogen) atoms. The number of quaternary nitrogens is 1. The Morgan fingerprint density at radius 3 is 2.64 bits per heavy atom. The van der Waals surface area contributed by atoms with Crippen molar-refractivity contribution in [1.29, 1.82) is 5.26 Å². The standard InChI is InChI=1S/C27H32N5O/c1-3-4-14-32(26-8-6-5-7-21(26)2)15-13-31(19-27(32)33)25(24-18-29-20-30-24)16-22-9-11-23(17-28)12-10-22/h5-12,18,20,25H,3-4,13-16,19H2,1-2H3,(H,29,30)/q+1. The number of para-hydroxylation sites is 1. The van der Waals surface area contributed by atoms with Crippen LogP contribution in [0.15, 0.2) is 61.1 Å². The number of imidazole rings is 1. The number of unbranched alkanes of at least 4 members (excludes halogenated alkanes) is 1. The summed E-state index contributed by atoms with van der Waals surface area (Å²) in [5, 5.41) is 9.11. The predicted octanol–water partition coefficient (Wildman–Crippen LogP) is 4.52. The van der Waals surface area contributed by atoms with Crippen LogP contribution in [0.1, 0.15) is 48.2 Å². The van der Waals surface area contributed by atoms with Gasteiger partial charge in [-0.05, 0) is 43.5 Å². The lowest BCUT2D eigenvalue weighted by Gasteiger charge is -2.44. The molecule has 1 amide bonds. The van der Waals surface area contributed by atoms with Gasteiger partial charge in [-0.3, -0.25) is 4.90 Å². The van der Waals surface area contributed by atoms with Crippen LogP contribution >= 0.6 is 0 Å². The van der Waals surface area contributed by atoms with Gasteiger partial charge in [-0.15, -0.1) is 0 Å². The highest BCUT2D eigenvalue weighted by Gasteiger charge is 2.45. The second kappa shape index (κ2) is 10.1. The molecule has 0 spiro atoms. The molecule has 2 heterocycles. The number of H-pyrrole nitrogens is 1. The maximum absolute atomic E-state index is 13.9. The van der Waals surface area contributed by atoms with Gasteiger partial charge in [0.25, 0.3) is 0 Å². The largest absolute Gasteiger partial charge is 0.347 e. The molecule has 3 aromatic rings. The Labute approximate surface area is 196 Å². The predicted molar refractivity (Wildman–Crippen MR) is 130 cm³/mol. The fourth-order valence-corrected chi connectivity index (χ4v) is 4.98. The molecule has 1 aliphatic heterocycles. The molecule has 2 aromatic carbocycles. The molecule has 0 bridgehead atoms. The SMILES string of the molecule is CCCC[N+]1(c2ccccc2C)CCN(C(Cc2ccc(C#N)cc2)c2cnc[nH]2)CC1=O. The summed E-state index contributed by atoms with van der Waals surface area (Å²) in [6, 6.07) is 18.2. The average molecular weight is 443 g/mol. The molecular formula is C27H32N5O+. The monoisotopic (exact) mass is 442 g/mol. The maximum atomic E-state index is 13.9. The van der Waals surface area contributed by atoms with E-state index in [1.807, 2.05) is 42.6 Å². The van der Waals surface area contributed by atoms with Crippen molar-refractivity contribution in [2.45, 2.75) is 39.2 Å². The van der Waals surface area contributed by atoms with Crippen LogP contribution in [0.3, 0.4) is 0 Å². The van der Waals surface area contributed by atoms with E-state index in [4.69, 9.17) is 5.26 Å². The van der Waals surface area contributed by atoms with Crippen LogP contribution in [0.2, 0.25) is 0 Å². The average Bonchev–Trinajstić information content (AvgIpc) is 3.37. The molecule has 0 aliphatic carbocycles. The van der Waals surface area contributed by atoms with Crippen LogP contribution in [-0.2, 0) is 11.2 Å². The van der Waals surface area contributed by atoms with Crippen molar-refractivity contribution in [3.63, 3.8) is 0 Å². The first-order valence-electron chi connectivity index (χ1n) is 11.8. The van der Waals surface area contributed by atoms with Crippen molar-refractivity contribution in [3.8, 4) is 6.07 Å². The molecule has 1 N–H and O–H groups in total. The van der Waals surface area contributed by atoms with Gasteiger partial charge in [0.2, 0.25) is 0 Å². The van der Waals surface area contributed by atoms with Gasteiger partial charge in [-0.25, -0.2) is 14.3 Å². The zero-order chi connectivity index (χ0) is 23.3. The normalized spacial score (nSPS) is 19.8. The molecule has 1 aliphatic rings. The number of rotatable bonds is 8. The molecule has 0 saturated carbocycles. The van der Waals surface area contributed by atoms with E-state index in [1.54, 1.807) is 6.33 Å². The van der Waals surface area contributed by atoms with Crippen LogP contribution in [0.4, 0.5) is 5.69 Å². The van der Waals surface area contributed by atoms with E-state index in [1.165, 1.54) is 5.56 Å². The van der Waals surface area contributed by atoms with Crippen molar-refractivity contribution in [1.82, 2.24) is 19.4 Å². The van der Waals surface area contributed by atoms with Crippen molar-refractivity contribution < 1.29 is 4.79 Å². The number of carbonyl (C=O) groups is 1. The molecule has 6 heteroatoms. The highest BCUT2D eigenvalue weighted by molar-refractivity contribution is 5.91. The number of carbonyl (C=O) groups excluding carboxylic acids is 1. The van der Waals surface area contributed by atoms with E-state index >= 15 is 0 Å². The minimum absolute atomic E-state index is 0.0228. The number of nitrogens with zero attached hydrogens (tertiary/aromatic N) is 4. The summed E-state index contributed by atoms with van der Waals surface area (Å²) in [5.41, 5.74) is 5.12. The van der Waals surface area contributed by atoms with Gasteiger partial charge >= 0.3 is 5.91 Å². The van der Waals surface area contributed by atoms with Crippen LogP contribution in [-0.4, -0.2) is 47.0 Å². The van der Waals surface area contributed by atoms with E-state index in [2.05, 4.69) is 46.9 Å². The number of amides is 1. The minimum Gasteiger partial charge on any atom is -0.347 e. The van der Waals surface area contributed by atoms with Gasteiger partial charge in [0.05, 0.1) is 36.2 Å². The zero-order valence-corrected chi connectivity index (χ0v) is 19.5. The third-order valence-corrected chi connectivity index (χ3v) is 6.89. The summed E-state index contributed by atoms with van der Waals surface area (Å²) in [6.45, 7) is 7.13. The van der Waals surface area contributed by atoms with Gasteiger partial charge in [0.15, 0.2) is 0 Å². The summed E-state index contributed by atoms with van der Waals surface area (Å²) < 4.78 is 0.434. The third-order valence-electron chi connectivity index (χ3n) is 6.89. The number of nitrogens with one attached hydrogen (secondary N) is 1. The first-order chi connectivity index (χ1) is 16.1. The Morgan fingerprint density at radius 2 is 2.00 bits per heavy atom. The summed E-state index contributed by atoms with van der Waals surface area (Å²) in [7, 11) is 0. The summed E-state index contributed by atoms with van der Waals surface area (Å²) in [5.74, 6) is 0.258. The second-order valence-corrected chi connectivity index (χ2v) is 8.95. The Balaban J connectivity index is 1.61. The molecule has 2 unspecified atom stereocenters. The lowest BCUT2D eigenvalue weighted by molar-refractivity contribution is -0.136. The van der Waals surface area contributed by atoms with Crippen LogP contribution < -0.4 is 4.48 Å². The summed E-state index contributed by atoms with van der Waals surface area (Å²) in [6.07, 6.45) is 6.39. The molecule has 170 valence electrons. The molecule has 1 fully saturated rings. The molecule has 0 radical (unpaired) electrons. The van der Waals surface area contributed by atoms with Gasteiger partial charge in [-0.2, -0.15) is 5.26 Å². The molecule has 2 atom stereocenters. The van der Waals surface area contributed by atoms with E-state index in [0.717, 1.165) is 55.8 Å². The highest BCUT2D eigenvalue weighted by atomic mass is 16.2. The quantitative estimate of drug-likeness (QED) is 0.521. The molecule has 6 nitrogen and oxygen atoms in total. The van der Waals surface area contributed by atoms with Crippen molar-refractivity contribution in [2.75, 3.05) is 26.2 Å². The maximum Gasteiger partial charge on any atom is 0.332 e. The van der Waals surface area contributed by atoms with Crippen molar-refractivity contribution in [2.24, 2.45) is 0 Å². The lowest BCUT2D eigenvalue weighted by atomic mass is 9.99. The number of aromatic nitrogens is 2. The fraction of sp³-hybridized carbons (Fsp3) is 0.370. The molecule has 1 saturated heterocycles. The van der Waals surface area contributed by atoms with Gasteiger partial charge in [0, 0.05) is 18.3 Å². The van der Waals surface area contributed by atoms with Crippen molar-refractivity contribution in [3.05, 3.63) is 83.4 Å². The number of hydrogen-bond donors (Lipinski definition) is 1. The van der Waals surface area contributed by atoms with Crippen LogP contribution in [0.25, 0.3) is 0 Å². The van der Waals surface area contributed by atoms with E-state index in [0.29, 0.717) is 16.6 Å². The summed E-state index contributed by atoms with van der Waals surface area (Å²) >= 11 is 0.